The molecule has 1 N–H and O–H groups in total. The zero-order valence-corrected chi connectivity index (χ0v) is 13.2. The summed E-state index contributed by atoms with van der Waals surface area (Å²) in [7, 11) is 3.89. The largest absolute Gasteiger partial charge is 0.496 e. The van der Waals surface area contributed by atoms with E-state index >= 15 is 0 Å². The SMILES string of the molecule is COc1cccc2[nH]cc(CCN(C)Cc3ccccc3)c12. The van der Waals surface area contributed by atoms with Crippen LogP contribution in [0.1, 0.15) is 11.1 Å². The van der Waals surface area contributed by atoms with Gasteiger partial charge in [0.25, 0.3) is 0 Å². The summed E-state index contributed by atoms with van der Waals surface area (Å²) in [6.07, 6.45) is 3.10. The first-order chi connectivity index (χ1) is 10.8. The summed E-state index contributed by atoms with van der Waals surface area (Å²) in [6.45, 7) is 1.99. The topological polar surface area (TPSA) is 28.3 Å². The van der Waals surface area contributed by atoms with Crippen molar-refractivity contribution in [2.45, 2.75) is 13.0 Å². The number of hydrogen-bond donors (Lipinski definition) is 1. The first-order valence-corrected chi connectivity index (χ1v) is 7.63. The van der Waals surface area contributed by atoms with Gasteiger partial charge in [-0.3, -0.25) is 0 Å². The van der Waals surface area contributed by atoms with Crippen molar-refractivity contribution in [3.8, 4) is 5.75 Å². The summed E-state index contributed by atoms with van der Waals surface area (Å²) in [5.74, 6) is 0.944. The first-order valence-electron chi connectivity index (χ1n) is 7.63. The molecule has 3 heteroatoms. The van der Waals surface area contributed by atoms with Gasteiger partial charge in [0, 0.05) is 30.2 Å². The molecule has 0 aliphatic heterocycles. The molecule has 1 aromatic heterocycles. The standard InChI is InChI=1S/C19H22N2O/c1-21(14-15-7-4-3-5-8-15)12-11-16-13-20-17-9-6-10-18(22-2)19(16)17/h3-10,13,20H,11-12,14H2,1-2H3. The highest BCUT2D eigenvalue weighted by Gasteiger charge is 2.10. The van der Waals surface area contributed by atoms with Gasteiger partial charge in [-0.15, -0.1) is 0 Å². The van der Waals surface area contributed by atoms with Crippen LogP contribution < -0.4 is 4.74 Å². The molecule has 0 saturated heterocycles. The molecule has 0 radical (unpaired) electrons. The average Bonchev–Trinajstić information content (AvgIpc) is 2.97. The number of methoxy groups -OCH3 is 1. The maximum Gasteiger partial charge on any atom is 0.128 e. The van der Waals surface area contributed by atoms with E-state index in [1.165, 1.54) is 16.5 Å². The van der Waals surface area contributed by atoms with Crippen molar-refractivity contribution in [2.75, 3.05) is 20.7 Å². The molecule has 2 aromatic carbocycles. The Morgan fingerprint density at radius 3 is 2.64 bits per heavy atom. The number of benzene rings is 2. The van der Waals surface area contributed by atoms with E-state index in [0.717, 1.165) is 30.8 Å². The predicted octanol–water partition coefficient (Wildman–Crippen LogP) is 3.85. The first kappa shape index (κ1) is 14.7. The molecule has 0 unspecified atom stereocenters. The second kappa shape index (κ2) is 6.67. The van der Waals surface area contributed by atoms with Crippen LogP contribution in [0.25, 0.3) is 10.9 Å². The van der Waals surface area contributed by atoms with E-state index in [1.54, 1.807) is 7.11 Å². The Hall–Kier alpha value is -2.26. The fraction of sp³-hybridized carbons (Fsp3) is 0.263. The van der Waals surface area contributed by atoms with E-state index in [0.29, 0.717) is 0 Å². The number of H-pyrrole nitrogens is 1. The number of fused-ring (bicyclic) bond motifs is 1. The van der Waals surface area contributed by atoms with Crippen LogP contribution in [0.2, 0.25) is 0 Å². The van der Waals surface area contributed by atoms with Crippen LogP contribution >= 0.6 is 0 Å². The van der Waals surface area contributed by atoms with Crippen LogP contribution in [0.4, 0.5) is 0 Å². The van der Waals surface area contributed by atoms with Gasteiger partial charge in [0.1, 0.15) is 5.75 Å². The van der Waals surface area contributed by atoms with Crippen molar-refractivity contribution in [1.82, 2.24) is 9.88 Å². The van der Waals surface area contributed by atoms with Crippen LogP contribution in [-0.2, 0) is 13.0 Å². The Balaban J connectivity index is 1.69. The molecule has 22 heavy (non-hydrogen) atoms. The second-order valence-electron chi connectivity index (χ2n) is 5.67. The molecule has 0 saturated carbocycles. The number of rotatable bonds is 6. The van der Waals surface area contributed by atoms with Crippen LogP contribution in [0.15, 0.2) is 54.7 Å². The number of ether oxygens (including phenoxy) is 1. The molecule has 0 amide bonds. The third kappa shape index (κ3) is 3.15. The number of aromatic amines is 1. The molecule has 3 nitrogen and oxygen atoms in total. The summed E-state index contributed by atoms with van der Waals surface area (Å²) in [5.41, 5.74) is 3.80. The van der Waals surface area contributed by atoms with Gasteiger partial charge in [-0.1, -0.05) is 36.4 Å². The number of likely N-dealkylation sites (N-methyl/N-ethyl adjacent to an activating group) is 1. The third-order valence-corrected chi connectivity index (χ3v) is 4.03. The fourth-order valence-electron chi connectivity index (χ4n) is 2.87. The van der Waals surface area contributed by atoms with E-state index in [4.69, 9.17) is 4.74 Å². The number of aromatic nitrogens is 1. The molecule has 1 heterocycles. The van der Waals surface area contributed by atoms with Crippen LogP contribution in [-0.4, -0.2) is 30.6 Å². The van der Waals surface area contributed by atoms with E-state index in [1.807, 2.05) is 12.1 Å². The van der Waals surface area contributed by atoms with E-state index in [2.05, 4.69) is 59.5 Å². The molecular weight excluding hydrogens is 272 g/mol. The molecule has 0 aliphatic rings. The lowest BCUT2D eigenvalue weighted by molar-refractivity contribution is 0.331. The normalized spacial score (nSPS) is 11.2. The summed E-state index contributed by atoms with van der Waals surface area (Å²) < 4.78 is 5.50. The maximum atomic E-state index is 5.50. The Morgan fingerprint density at radius 2 is 1.86 bits per heavy atom. The zero-order valence-electron chi connectivity index (χ0n) is 13.2. The van der Waals surface area contributed by atoms with Crippen LogP contribution in [0.5, 0.6) is 5.75 Å². The highest BCUT2D eigenvalue weighted by molar-refractivity contribution is 5.89. The highest BCUT2D eigenvalue weighted by Crippen LogP contribution is 2.28. The van der Waals surface area contributed by atoms with Gasteiger partial charge in [-0.05, 0) is 36.7 Å². The molecule has 3 aromatic rings. The van der Waals surface area contributed by atoms with Crippen LogP contribution in [0.3, 0.4) is 0 Å². The van der Waals surface area contributed by atoms with Gasteiger partial charge < -0.3 is 14.6 Å². The minimum atomic E-state index is 0.944. The summed E-state index contributed by atoms with van der Waals surface area (Å²) >= 11 is 0. The van der Waals surface area contributed by atoms with Crippen molar-refractivity contribution < 1.29 is 4.74 Å². The Bertz CT molecular complexity index is 734. The lowest BCUT2D eigenvalue weighted by Crippen LogP contribution is -2.20. The van der Waals surface area contributed by atoms with Crippen molar-refractivity contribution in [3.05, 3.63) is 65.9 Å². The fourth-order valence-corrected chi connectivity index (χ4v) is 2.87. The van der Waals surface area contributed by atoms with E-state index in [-0.39, 0.29) is 0 Å². The molecule has 0 fully saturated rings. The predicted molar refractivity (Wildman–Crippen MR) is 91.3 cm³/mol. The number of nitrogens with one attached hydrogen (secondary N) is 1. The molecule has 3 rings (SSSR count). The van der Waals surface area contributed by atoms with Gasteiger partial charge in [-0.25, -0.2) is 0 Å². The van der Waals surface area contributed by atoms with Gasteiger partial charge in [-0.2, -0.15) is 0 Å². The van der Waals surface area contributed by atoms with Gasteiger partial charge in [0.2, 0.25) is 0 Å². The van der Waals surface area contributed by atoms with Crippen molar-refractivity contribution in [3.63, 3.8) is 0 Å². The molecule has 0 aliphatic carbocycles. The molecule has 114 valence electrons. The molecule has 0 spiro atoms. The average molecular weight is 294 g/mol. The van der Waals surface area contributed by atoms with Gasteiger partial charge >= 0.3 is 0 Å². The van der Waals surface area contributed by atoms with Crippen molar-refractivity contribution in [2.24, 2.45) is 0 Å². The lowest BCUT2D eigenvalue weighted by atomic mass is 10.1. The van der Waals surface area contributed by atoms with Crippen LogP contribution in [0, 0.1) is 0 Å². The van der Waals surface area contributed by atoms with Crippen molar-refractivity contribution in [1.29, 1.82) is 0 Å². The monoisotopic (exact) mass is 294 g/mol. The van der Waals surface area contributed by atoms with E-state index < -0.39 is 0 Å². The quantitative estimate of drug-likeness (QED) is 0.748. The zero-order chi connectivity index (χ0) is 15.4. The molecule has 0 bridgehead atoms. The van der Waals surface area contributed by atoms with Crippen molar-refractivity contribution >= 4 is 10.9 Å². The Kier molecular flexibility index (Phi) is 4.45. The van der Waals surface area contributed by atoms with Gasteiger partial charge in [0.05, 0.1) is 7.11 Å². The summed E-state index contributed by atoms with van der Waals surface area (Å²) in [5, 5.41) is 1.21. The lowest BCUT2D eigenvalue weighted by Gasteiger charge is -2.16. The molecule has 0 atom stereocenters. The maximum absolute atomic E-state index is 5.50. The minimum Gasteiger partial charge on any atom is -0.496 e. The highest BCUT2D eigenvalue weighted by atomic mass is 16.5. The number of hydrogen-bond acceptors (Lipinski definition) is 2. The second-order valence-corrected chi connectivity index (χ2v) is 5.67. The Morgan fingerprint density at radius 1 is 1.05 bits per heavy atom. The molecular formula is C19H22N2O. The minimum absolute atomic E-state index is 0.944. The summed E-state index contributed by atoms with van der Waals surface area (Å²) in [4.78, 5) is 5.69. The number of nitrogens with zero attached hydrogens (tertiary/aromatic N) is 1. The third-order valence-electron chi connectivity index (χ3n) is 4.03. The Labute approximate surface area is 131 Å². The van der Waals surface area contributed by atoms with Gasteiger partial charge in [0.15, 0.2) is 0 Å². The smallest absolute Gasteiger partial charge is 0.128 e. The van der Waals surface area contributed by atoms with E-state index in [9.17, 15) is 0 Å². The summed E-state index contributed by atoms with van der Waals surface area (Å²) in [6, 6.07) is 16.7.